The Labute approximate surface area is 148 Å². The number of benzene rings is 1. The minimum absolute atomic E-state index is 0.0591. The Morgan fingerprint density at radius 2 is 1.96 bits per heavy atom. The fourth-order valence-corrected chi connectivity index (χ4v) is 3.07. The van der Waals surface area contributed by atoms with E-state index in [-0.39, 0.29) is 17.9 Å². The molecule has 4 aromatic rings. The summed E-state index contributed by atoms with van der Waals surface area (Å²) in [5, 5.41) is 4.65. The van der Waals surface area contributed by atoms with E-state index in [0.717, 1.165) is 17.1 Å². The van der Waals surface area contributed by atoms with Crippen molar-refractivity contribution in [3.63, 3.8) is 0 Å². The zero-order valence-corrected chi connectivity index (χ0v) is 14.4. The lowest BCUT2D eigenvalue weighted by Gasteiger charge is -2.06. The summed E-state index contributed by atoms with van der Waals surface area (Å²) < 4.78 is 2.94. The van der Waals surface area contributed by atoms with Crippen LogP contribution in [0.4, 0.5) is 0 Å². The quantitative estimate of drug-likeness (QED) is 0.575. The molecule has 7 nitrogen and oxygen atoms in total. The first kappa shape index (κ1) is 16.0. The minimum atomic E-state index is -0.282. The molecule has 26 heavy (non-hydrogen) atoms. The van der Waals surface area contributed by atoms with Crippen LogP contribution in [0.25, 0.3) is 16.7 Å². The van der Waals surface area contributed by atoms with Crippen molar-refractivity contribution in [2.75, 3.05) is 0 Å². The molecule has 0 amide bonds. The van der Waals surface area contributed by atoms with Gasteiger partial charge in [0.05, 0.1) is 18.4 Å². The molecule has 1 aromatic carbocycles. The Kier molecular flexibility index (Phi) is 3.76. The first-order valence-corrected chi connectivity index (χ1v) is 8.22. The molecule has 0 spiro atoms. The fourth-order valence-electron chi connectivity index (χ4n) is 3.07. The average molecular weight is 347 g/mol. The predicted molar refractivity (Wildman–Crippen MR) is 97.7 cm³/mol. The number of Topliss-reactive ketones (excluding diaryl/α,β-unsaturated/α-hetero) is 1. The topological polar surface area (TPSA) is 85.6 Å². The summed E-state index contributed by atoms with van der Waals surface area (Å²) in [5.74, 6) is -0.134. The molecule has 0 saturated carbocycles. The van der Waals surface area contributed by atoms with Crippen LogP contribution in [-0.2, 0) is 6.54 Å². The van der Waals surface area contributed by atoms with Crippen LogP contribution in [0.1, 0.15) is 21.7 Å². The first-order chi connectivity index (χ1) is 12.5. The van der Waals surface area contributed by atoms with Crippen molar-refractivity contribution < 1.29 is 4.79 Å². The number of nitrogens with zero attached hydrogens (tertiary/aromatic N) is 4. The van der Waals surface area contributed by atoms with E-state index in [1.807, 2.05) is 44.2 Å². The number of para-hydroxylation sites is 1. The SMILES string of the molecule is Cc1cc(C(=O)Cn2cnc3c(cnn3-c3ccccc3)c2=O)c(C)[nH]1. The van der Waals surface area contributed by atoms with Gasteiger partial charge in [-0.05, 0) is 32.0 Å². The molecular formula is C19H17N5O2. The molecule has 7 heteroatoms. The standard InChI is InChI=1S/C19H17N5O2/c1-12-8-15(13(2)22-12)17(25)10-23-11-20-18-16(19(23)26)9-21-24(18)14-6-4-3-5-7-14/h3-9,11,22H,10H2,1-2H3. The van der Waals surface area contributed by atoms with Crippen LogP contribution in [0.15, 0.2) is 53.7 Å². The Hall–Kier alpha value is -3.48. The number of aromatic nitrogens is 5. The lowest BCUT2D eigenvalue weighted by Crippen LogP contribution is -2.24. The van der Waals surface area contributed by atoms with E-state index in [2.05, 4.69) is 15.1 Å². The monoisotopic (exact) mass is 347 g/mol. The lowest BCUT2D eigenvalue weighted by molar-refractivity contribution is 0.0970. The third kappa shape index (κ3) is 2.63. The minimum Gasteiger partial charge on any atom is -0.362 e. The van der Waals surface area contributed by atoms with E-state index in [1.165, 1.54) is 17.1 Å². The number of hydrogen-bond donors (Lipinski definition) is 1. The molecule has 1 N–H and O–H groups in total. The third-order valence-corrected chi connectivity index (χ3v) is 4.32. The number of aryl methyl sites for hydroxylation is 2. The second kappa shape index (κ2) is 6.11. The van der Waals surface area contributed by atoms with E-state index in [9.17, 15) is 9.59 Å². The fraction of sp³-hybridized carbons (Fsp3) is 0.158. The maximum absolute atomic E-state index is 12.7. The van der Waals surface area contributed by atoms with E-state index in [0.29, 0.717) is 16.6 Å². The van der Waals surface area contributed by atoms with Gasteiger partial charge in [0.15, 0.2) is 11.4 Å². The molecule has 0 radical (unpaired) electrons. The van der Waals surface area contributed by atoms with Crippen LogP contribution in [0.2, 0.25) is 0 Å². The molecule has 0 atom stereocenters. The number of ketones is 1. The van der Waals surface area contributed by atoms with E-state index in [4.69, 9.17) is 0 Å². The Bertz CT molecular complexity index is 1170. The number of carbonyl (C=O) groups excluding carboxylic acids is 1. The summed E-state index contributed by atoms with van der Waals surface area (Å²) in [7, 11) is 0. The molecular weight excluding hydrogens is 330 g/mol. The predicted octanol–water partition coefficient (Wildman–Crippen LogP) is 2.41. The van der Waals surface area contributed by atoms with Gasteiger partial charge in [-0.15, -0.1) is 0 Å². The molecule has 0 saturated heterocycles. The van der Waals surface area contributed by atoms with Gasteiger partial charge in [-0.25, -0.2) is 9.67 Å². The van der Waals surface area contributed by atoms with Gasteiger partial charge >= 0.3 is 0 Å². The van der Waals surface area contributed by atoms with Gasteiger partial charge in [0.1, 0.15) is 11.7 Å². The van der Waals surface area contributed by atoms with Gasteiger partial charge < -0.3 is 4.98 Å². The number of carbonyl (C=O) groups is 1. The summed E-state index contributed by atoms with van der Waals surface area (Å²) in [6.07, 6.45) is 2.89. The van der Waals surface area contributed by atoms with Gasteiger partial charge in [0.25, 0.3) is 5.56 Å². The molecule has 0 bridgehead atoms. The summed E-state index contributed by atoms with van der Waals surface area (Å²) in [6, 6.07) is 11.3. The maximum Gasteiger partial charge on any atom is 0.264 e. The molecule has 0 unspecified atom stereocenters. The highest BCUT2D eigenvalue weighted by molar-refractivity contribution is 5.97. The zero-order valence-electron chi connectivity index (χ0n) is 14.4. The Morgan fingerprint density at radius 1 is 1.19 bits per heavy atom. The Balaban J connectivity index is 1.72. The number of aromatic amines is 1. The molecule has 0 aliphatic rings. The van der Waals surface area contributed by atoms with Gasteiger partial charge in [-0.3, -0.25) is 14.2 Å². The molecule has 0 aliphatic heterocycles. The number of fused-ring (bicyclic) bond motifs is 1. The van der Waals surface area contributed by atoms with Crippen LogP contribution in [0, 0.1) is 13.8 Å². The van der Waals surface area contributed by atoms with Crippen LogP contribution < -0.4 is 5.56 Å². The molecule has 3 aromatic heterocycles. The largest absolute Gasteiger partial charge is 0.362 e. The summed E-state index contributed by atoms with van der Waals surface area (Å²) in [6.45, 7) is 3.67. The second-order valence-electron chi connectivity index (χ2n) is 6.22. The highest BCUT2D eigenvalue weighted by Gasteiger charge is 2.16. The molecule has 130 valence electrons. The van der Waals surface area contributed by atoms with Crippen LogP contribution in [-0.4, -0.2) is 30.1 Å². The molecule has 4 rings (SSSR count). The second-order valence-corrected chi connectivity index (χ2v) is 6.22. The maximum atomic E-state index is 12.7. The smallest absolute Gasteiger partial charge is 0.264 e. The van der Waals surface area contributed by atoms with Crippen molar-refractivity contribution in [1.82, 2.24) is 24.3 Å². The summed E-state index contributed by atoms with van der Waals surface area (Å²) in [5.41, 5.74) is 3.31. The third-order valence-electron chi connectivity index (χ3n) is 4.32. The number of nitrogens with one attached hydrogen (secondary N) is 1. The van der Waals surface area contributed by atoms with Gasteiger partial charge in [0.2, 0.25) is 0 Å². The van der Waals surface area contributed by atoms with Gasteiger partial charge in [-0.1, -0.05) is 18.2 Å². The summed E-state index contributed by atoms with van der Waals surface area (Å²) >= 11 is 0. The number of hydrogen-bond acceptors (Lipinski definition) is 4. The Morgan fingerprint density at radius 3 is 2.65 bits per heavy atom. The van der Waals surface area contributed by atoms with Crippen molar-refractivity contribution in [1.29, 1.82) is 0 Å². The first-order valence-electron chi connectivity index (χ1n) is 8.22. The van der Waals surface area contributed by atoms with Crippen molar-refractivity contribution in [2.24, 2.45) is 0 Å². The van der Waals surface area contributed by atoms with Crippen LogP contribution in [0.5, 0.6) is 0 Å². The van der Waals surface area contributed by atoms with Crippen LogP contribution in [0.3, 0.4) is 0 Å². The van der Waals surface area contributed by atoms with Crippen molar-refractivity contribution >= 4 is 16.8 Å². The lowest BCUT2D eigenvalue weighted by atomic mass is 10.1. The molecule has 0 fully saturated rings. The highest BCUT2D eigenvalue weighted by Crippen LogP contribution is 2.14. The number of H-pyrrole nitrogens is 1. The zero-order chi connectivity index (χ0) is 18.3. The normalized spacial score (nSPS) is 11.2. The van der Waals surface area contributed by atoms with E-state index >= 15 is 0 Å². The number of rotatable bonds is 4. The highest BCUT2D eigenvalue weighted by atomic mass is 16.1. The van der Waals surface area contributed by atoms with E-state index in [1.54, 1.807) is 10.7 Å². The van der Waals surface area contributed by atoms with Crippen LogP contribution >= 0.6 is 0 Å². The van der Waals surface area contributed by atoms with E-state index < -0.39 is 0 Å². The molecule has 3 heterocycles. The van der Waals surface area contributed by atoms with Crippen molar-refractivity contribution in [3.05, 3.63) is 76.2 Å². The van der Waals surface area contributed by atoms with Crippen molar-refractivity contribution in [3.8, 4) is 5.69 Å². The molecule has 0 aliphatic carbocycles. The summed E-state index contributed by atoms with van der Waals surface area (Å²) in [4.78, 5) is 32.7. The van der Waals surface area contributed by atoms with Gasteiger partial charge in [0, 0.05) is 17.0 Å². The van der Waals surface area contributed by atoms with Gasteiger partial charge in [-0.2, -0.15) is 5.10 Å². The van der Waals surface area contributed by atoms with Crippen molar-refractivity contribution in [2.45, 2.75) is 20.4 Å². The average Bonchev–Trinajstić information content (AvgIpc) is 3.21.